The Bertz CT molecular complexity index is 821. The largest absolute Gasteiger partial charge is 0.306 e. The maximum absolute atomic E-state index is 4.92. The van der Waals surface area contributed by atoms with Crippen LogP contribution in [-0.2, 0) is 0 Å². The lowest BCUT2D eigenvalue weighted by Gasteiger charge is -2.15. The lowest BCUT2D eigenvalue weighted by atomic mass is 10.1. The Kier molecular flexibility index (Phi) is 3.19. The number of likely N-dealkylation sites (N-methyl/N-ethyl adjacent to an activating group) is 1. The highest BCUT2D eigenvalue weighted by atomic mass is 15.2. The van der Waals surface area contributed by atoms with Crippen LogP contribution in [0.3, 0.4) is 0 Å². The number of likely N-dealkylation sites (tertiary alicyclic amines) is 1. The predicted molar refractivity (Wildman–Crippen MR) is 88.5 cm³/mol. The first kappa shape index (κ1) is 13.5. The van der Waals surface area contributed by atoms with Gasteiger partial charge in [-0.2, -0.15) is 0 Å². The normalized spacial score (nSPS) is 19.1. The Balaban J connectivity index is 1.96. The summed E-state index contributed by atoms with van der Waals surface area (Å²) in [5.41, 5.74) is 4.38. The molecule has 1 atom stereocenters. The number of hydrogen-bond donors (Lipinski definition) is 0. The van der Waals surface area contributed by atoms with E-state index in [0.29, 0.717) is 5.92 Å². The van der Waals surface area contributed by atoms with Gasteiger partial charge >= 0.3 is 0 Å². The monoisotopic (exact) mass is 292 g/mol. The first-order valence-electron chi connectivity index (χ1n) is 7.82. The molecule has 1 aromatic carbocycles. The van der Waals surface area contributed by atoms with Gasteiger partial charge in [-0.25, -0.2) is 9.97 Å². The van der Waals surface area contributed by atoms with Gasteiger partial charge in [-0.1, -0.05) is 18.2 Å². The SMILES string of the molecule is Cc1ccccc1-n1c(C2CCN(C)C2)nc2cccnc21. The molecule has 2 aromatic heterocycles. The summed E-state index contributed by atoms with van der Waals surface area (Å²) in [5.74, 6) is 1.62. The van der Waals surface area contributed by atoms with Crippen molar-refractivity contribution in [2.45, 2.75) is 19.3 Å². The summed E-state index contributed by atoms with van der Waals surface area (Å²) in [5, 5.41) is 0. The quantitative estimate of drug-likeness (QED) is 0.727. The maximum atomic E-state index is 4.92. The molecule has 0 amide bonds. The molecule has 4 heteroatoms. The first-order chi connectivity index (χ1) is 10.7. The Morgan fingerprint density at radius 3 is 2.77 bits per heavy atom. The number of rotatable bonds is 2. The number of nitrogens with zero attached hydrogens (tertiary/aromatic N) is 4. The zero-order valence-electron chi connectivity index (χ0n) is 13.0. The van der Waals surface area contributed by atoms with Gasteiger partial charge in [0, 0.05) is 18.7 Å². The predicted octanol–water partition coefficient (Wildman–Crippen LogP) is 3.15. The Morgan fingerprint density at radius 2 is 2.00 bits per heavy atom. The number of hydrogen-bond acceptors (Lipinski definition) is 3. The van der Waals surface area contributed by atoms with Gasteiger partial charge in [-0.05, 0) is 50.7 Å². The number of fused-ring (bicyclic) bond motifs is 1. The summed E-state index contributed by atoms with van der Waals surface area (Å²) in [6.07, 6.45) is 3.01. The van der Waals surface area contributed by atoms with Crippen LogP contribution >= 0.6 is 0 Å². The molecule has 3 aromatic rings. The second-order valence-electron chi connectivity index (χ2n) is 6.19. The van der Waals surface area contributed by atoms with E-state index in [4.69, 9.17) is 4.98 Å². The van der Waals surface area contributed by atoms with E-state index in [1.54, 1.807) is 0 Å². The number of benzene rings is 1. The van der Waals surface area contributed by atoms with Gasteiger partial charge in [0.15, 0.2) is 5.65 Å². The van der Waals surface area contributed by atoms with Crippen molar-refractivity contribution in [2.24, 2.45) is 0 Å². The number of aryl methyl sites for hydroxylation is 1. The molecular formula is C18H20N4. The Labute approximate surface area is 130 Å². The second kappa shape index (κ2) is 5.21. The minimum absolute atomic E-state index is 0.471. The van der Waals surface area contributed by atoms with Crippen molar-refractivity contribution in [2.75, 3.05) is 20.1 Å². The number of para-hydroxylation sites is 1. The van der Waals surface area contributed by atoms with Crippen molar-refractivity contribution < 1.29 is 0 Å². The molecule has 1 aliphatic heterocycles. The van der Waals surface area contributed by atoms with E-state index < -0.39 is 0 Å². The molecule has 1 saturated heterocycles. The summed E-state index contributed by atoms with van der Waals surface area (Å²) >= 11 is 0. The van der Waals surface area contributed by atoms with E-state index in [1.807, 2.05) is 12.3 Å². The molecule has 1 unspecified atom stereocenters. The van der Waals surface area contributed by atoms with E-state index in [2.05, 4.69) is 58.8 Å². The first-order valence-corrected chi connectivity index (χ1v) is 7.82. The Hall–Kier alpha value is -2.20. The second-order valence-corrected chi connectivity index (χ2v) is 6.19. The minimum Gasteiger partial charge on any atom is -0.306 e. The van der Waals surface area contributed by atoms with E-state index >= 15 is 0 Å². The fourth-order valence-electron chi connectivity index (χ4n) is 3.40. The highest BCUT2D eigenvalue weighted by Gasteiger charge is 2.27. The van der Waals surface area contributed by atoms with Crippen LogP contribution in [0, 0.1) is 6.92 Å². The lowest BCUT2D eigenvalue weighted by Crippen LogP contribution is -2.15. The summed E-state index contributed by atoms with van der Waals surface area (Å²) in [7, 11) is 2.18. The topological polar surface area (TPSA) is 34.0 Å². The van der Waals surface area contributed by atoms with Crippen LogP contribution in [0.1, 0.15) is 23.7 Å². The smallest absolute Gasteiger partial charge is 0.164 e. The molecule has 4 rings (SSSR count). The average Bonchev–Trinajstić information content (AvgIpc) is 3.11. The molecular weight excluding hydrogens is 272 g/mol. The maximum Gasteiger partial charge on any atom is 0.164 e. The molecule has 0 saturated carbocycles. The minimum atomic E-state index is 0.471. The molecule has 0 radical (unpaired) electrons. The summed E-state index contributed by atoms with van der Waals surface area (Å²) in [6, 6.07) is 12.5. The highest BCUT2D eigenvalue weighted by Crippen LogP contribution is 2.31. The molecule has 3 heterocycles. The Morgan fingerprint density at radius 1 is 1.14 bits per heavy atom. The number of pyridine rings is 1. The number of aromatic nitrogens is 3. The molecule has 0 aliphatic carbocycles. The van der Waals surface area contributed by atoms with E-state index in [9.17, 15) is 0 Å². The van der Waals surface area contributed by atoms with E-state index in [1.165, 1.54) is 11.3 Å². The molecule has 0 bridgehead atoms. The molecule has 4 nitrogen and oxygen atoms in total. The van der Waals surface area contributed by atoms with Crippen LogP contribution < -0.4 is 0 Å². The zero-order chi connectivity index (χ0) is 15.1. The van der Waals surface area contributed by atoms with Gasteiger partial charge in [0.2, 0.25) is 0 Å². The highest BCUT2D eigenvalue weighted by molar-refractivity contribution is 5.74. The number of imidazole rings is 1. The molecule has 1 fully saturated rings. The summed E-state index contributed by atoms with van der Waals surface area (Å²) < 4.78 is 2.26. The van der Waals surface area contributed by atoms with Gasteiger partial charge < -0.3 is 4.90 Å². The van der Waals surface area contributed by atoms with Crippen molar-refractivity contribution in [3.05, 3.63) is 54.0 Å². The van der Waals surface area contributed by atoms with Crippen LogP contribution in [0.4, 0.5) is 0 Å². The van der Waals surface area contributed by atoms with Crippen LogP contribution in [0.15, 0.2) is 42.6 Å². The third-order valence-electron chi connectivity index (χ3n) is 4.55. The van der Waals surface area contributed by atoms with Crippen molar-refractivity contribution in [3.63, 3.8) is 0 Å². The fraction of sp³-hybridized carbons (Fsp3) is 0.333. The average molecular weight is 292 g/mol. The fourth-order valence-corrected chi connectivity index (χ4v) is 3.40. The van der Waals surface area contributed by atoms with Gasteiger partial charge in [0.25, 0.3) is 0 Å². The summed E-state index contributed by atoms with van der Waals surface area (Å²) in [6.45, 7) is 4.35. The summed E-state index contributed by atoms with van der Waals surface area (Å²) in [4.78, 5) is 11.9. The molecule has 0 N–H and O–H groups in total. The van der Waals surface area contributed by atoms with Gasteiger partial charge in [-0.15, -0.1) is 0 Å². The lowest BCUT2D eigenvalue weighted by molar-refractivity contribution is 0.409. The molecule has 1 aliphatic rings. The zero-order valence-corrected chi connectivity index (χ0v) is 13.0. The van der Waals surface area contributed by atoms with Crippen molar-refractivity contribution in [3.8, 4) is 5.69 Å². The third kappa shape index (κ3) is 2.11. The van der Waals surface area contributed by atoms with Crippen LogP contribution in [0.25, 0.3) is 16.9 Å². The molecule has 112 valence electrons. The third-order valence-corrected chi connectivity index (χ3v) is 4.55. The standard InChI is InChI=1S/C18H20N4/c1-13-6-3-4-8-16(13)22-17(14-9-11-21(2)12-14)20-15-7-5-10-19-18(15)22/h3-8,10,14H,9,11-12H2,1-2H3. The molecule has 0 spiro atoms. The van der Waals surface area contributed by atoms with Crippen molar-refractivity contribution >= 4 is 11.2 Å². The van der Waals surface area contributed by atoms with Crippen LogP contribution in [0.2, 0.25) is 0 Å². The van der Waals surface area contributed by atoms with Crippen LogP contribution in [-0.4, -0.2) is 39.6 Å². The van der Waals surface area contributed by atoms with Gasteiger partial charge in [0.05, 0.1) is 5.69 Å². The van der Waals surface area contributed by atoms with Gasteiger partial charge in [-0.3, -0.25) is 4.57 Å². The van der Waals surface area contributed by atoms with E-state index in [0.717, 1.165) is 36.5 Å². The molecule has 22 heavy (non-hydrogen) atoms. The van der Waals surface area contributed by atoms with Crippen molar-refractivity contribution in [1.29, 1.82) is 0 Å². The van der Waals surface area contributed by atoms with E-state index in [-0.39, 0.29) is 0 Å². The van der Waals surface area contributed by atoms with Crippen molar-refractivity contribution in [1.82, 2.24) is 19.4 Å². The van der Waals surface area contributed by atoms with Gasteiger partial charge in [0.1, 0.15) is 11.3 Å². The van der Waals surface area contributed by atoms with Crippen LogP contribution in [0.5, 0.6) is 0 Å².